The van der Waals surface area contributed by atoms with Crippen LogP contribution in [0.2, 0.25) is 5.02 Å². The molecule has 0 aliphatic heterocycles. The van der Waals surface area contributed by atoms with E-state index < -0.39 is 10.0 Å². The van der Waals surface area contributed by atoms with Crippen LogP contribution in [0, 0.1) is 0 Å². The highest BCUT2D eigenvalue weighted by atomic mass is 35.5. The van der Waals surface area contributed by atoms with E-state index in [2.05, 4.69) is 10.0 Å². The molecule has 23 heavy (non-hydrogen) atoms. The average molecular weight is 362 g/mol. The predicted molar refractivity (Wildman–Crippen MR) is 91.8 cm³/mol. The summed E-state index contributed by atoms with van der Waals surface area (Å²) in [6.07, 6.45) is 4.26. The lowest BCUT2D eigenvalue weighted by atomic mass is 10.1. The van der Waals surface area contributed by atoms with Gasteiger partial charge in [-0.1, -0.05) is 30.5 Å². The van der Waals surface area contributed by atoms with Gasteiger partial charge < -0.3 is 11.1 Å². The normalized spacial score (nSPS) is 11.4. The van der Waals surface area contributed by atoms with Crippen LogP contribution in [0.5, 0.6) is 0 Å². The summed E-state index contributed by atoms with van der Waals surface area (Å²) >= 11 is 5.78. The minimum absolute atomic E-state index is 0.0697. The third-order valence-corrected chi connectivity index (χ3v) is 4.90. The summed E-state index contributed by atoms with van der Waals surface area (Å²) in [5.41, 5.74) is 5.39. The Morgan fingerprint density at radius 1 is 1.13 bits per heavy atom. The van der Waals surface area contributed by atoms with Crippen LogP contribution in [-0.2, 0) is 14.8 Å². The second-order valence-corrected chi connectivity index (χ2v) is 7.36. The molecule has 1 rings (SSSR count). The smallest absolute Gasteiger partial charge is 0.240 e. The Morgan fingerprint density at radius 3 is 2.57 bits per heavy atom. The maximum atomic E-state index is 12.0. The predicted octanol–water partition coefficient (Wildman–Crippen LogP) is 1.64. The van der Waals surface area contributed by atoms with Crippen LogP contribution >= 0.6 is 11.6 Å². The third-order valence-electron chi connectivity index (χ3n) is 3.20. The summed E-state index contributed by atoms with van der Waals surface area (Å²) < 4.78 is 26.4. The minimum Gasteiger partial charge on any atom is -0.355 e. The second-order valence-electron chi connectivity index (χ2n) is 5.16. The van der Waals surface area contributed by atoms with E-state index >= 15 is 0 Å². The van der Waals surface area contributed by atoms with Crippen molar-refractivity contribution in [3.8, 4) is 0 Å². The van der Waals surface area contributed by atoms with Crippen molar-refractivity contribution >= 4 is 27.5 Å². The number of benzene rings is 1. The van der Waals surface area contributed by atoms with Gasteiger partial charge in [-0.05, 0) is 37.6 Å². The Kier molecular flexibility index (Phi) is 9.16. The molecule has 0 saturated heterocycles. The molecule has 0 aliphatic carbocycles. The van der Waals surface area contributed by atoms with Gasteiger partial charge in [0, 0.05) is 24.5 Å². The van der Waals surface area contributed by atoms with Gasteiger partial charge in [0.15, 0.2) is 0 Å². The number of nitrogens with two attached hydrogens (primary N) is 1. The summed E-state index contributed by atoms with van der Waals surface area (Å²) in [4.78, 5) is 11.7. The van der Waals surface area contributed by atoms with E-state index in [4.69, 9.17) is 17.3 Å². The van der Waals surface area contributed by atoms with Crippen molar-refractivity contribution in [2.45, 2.75) is 37.0 Å². The lowest BCUT2D eigenvalue weighted by Crippen LogP contribution is -2.34. The zero-order chi connectivity index (χ0) is 17.1. The van der Waals surface area contributed by atoms with E-state index in [0.29, 0.717) is 18.0 Å². The van der Waals surface area contributed by atoms with Gasteiger partial charge >= 0.3 is 0 Å². The Labute approximate surface area is 142 Å². The van der Waals surface area contributed by atoms with Crippen LogP contribution in [0.4, 0.5) is 0 Å². The van der Waals surface area contributed by atoms with Crippen molar-refractivity contribution < 1.29 is 13.2 Å². The molecule has 0 atom stereocenters. The van der Waals surface area contributed by atoms with E-state index in [9.17, 15) is 13.2 Å². The maximum absolute atomic E-state index is 12.0. The van der Waals surface area contributed by atoms with E-state index in [-0.39, 0.29) is 23.9 Å². The molecule has 1 aromatic rings. The van der Waals surface area contributed by atoms with Gasteiger partial charge in [0.25, 0.3) is 0 Å². The average Bonchev–Trinajstić information content (AvgIpc) is 2.51. The van der Waals surface area contributed by atoms with Crippen LogP contribution in [-0.4, -0.2) is 34.0 Å². The molecule has 130 valence electrons. The van der Waals surface area contributed by atoms with Gasteiger partial charge in [-0.3, -0.25) is 4.79 Å². The fourth-order valence-electron chi connectivity index (χ4n) is 1.98. The third kappa shape index (κ3) is 8.31. The standard InChI is InChI=1S/C15H24ClN3O3S/c16-13-6-5-7-14(12-13)23(21,22)19-11-10-18-15(20)8-3-1-2-4-9-17/h5-7,12,19H,1-4,8-11,17H2,(H,18,20). The van der Waals surface area contributed by atoms with Crippen molar-refractivity contribution in [1.82, 2.24) is 10.0 Å². The number of sulfonamides is 1. The molecule has 0 bridgehead atoms. The van der Waals surface area contributed by atoms with Gasteiger partial charge in [0.2, 0.25) is 15.9 Å². The molecule has 0 radical (unpaired) electrons. The highest BCUT2D eigenvalue weighted by Crippen LogP contribution is 2.14. The monoisotopic (exact) mass is 361 g/mol. The lowest BCUT2D eigenvalue weighted by molar-refractivity contribution is -0.121. The number of nitrogens with one attached hydrogen (secondary N) is 2. The Hall–Kier alpha value is -1.15. The first-order valence-corrected chi connectivity index (χ1v) is 9.54. The number of hydrogen-bond acceptors (Lipinski definition) is 4. The zero-order valence-corrected chi connectivity index (χ0v) is 14.6. The highest BCUT2D eigenvalue weighted by Gasteiger charge is 2.13. The van der Waals surface area contributed by atoms with E-state index in [1.165, 1.54) is 12.1 Å². The van der Waals surface area contributed by atoms with Gasteiger partial charge in [0.05, 0.1) is 4.90 Å². The molecule has 8 heteroatoms. The van der Waals surface area contributed by atoms with E-state index in [1.54, 1.807) is 12.1 Å². The van der Waals surface area contributed by atoms with Crippen molar-refractivity contribution in [3.05, 3.63) is 29.3 Å². The molecule has 0 heterocycles. The Balaban J connectivity index is 2.22. The summed E-state index contributed by atoms with van der Waals surface area (Å²) in [7, 11) is -3.61. The summed E-state index contributed by atoms with van der Waals surface area (Å²) in [6.45, 7) is 1.06. The number of unbranched alkanes of at least 4 members (excludes halogenated alkanes) is 3. The van der Waals surface area contributed by atoms with E-state index in [1.807, 2.05) is 0 Å². The summed E-state index contributed by atoms with van der Waals surface area (Å²) in [5.74, 6) is -0.0697. The quantitative estimate of drug-likeness (QED) is 0.521. The number of carbonyl (C=O) groups is 1. The van der Waals surface area contributed by atoms with Crippen molar-refractivity contribution in [2.75, 3.05) is 19.6 Å². The first-order valence-electron chi connectivity index (χ1n) is 7.67. The molecule has 4 N–H and O–H groups in total. The molecule has 0 saturated carbocycles. The fraction of sp³-hybridized carbons (Fsp3) is 0.533. The molecular formula is C15H24ClN3O3S. The second kappa shape index (κ2) is 10.6. The molecule has 0 spiro atoms. The van der Waals surface area contributed by atoms with E-state index in [0.717, 1.165) is 25.7 Å². The van der Waals surface area contributed by atoms with Crippen LogP contribution in [0.3, 0.4) is 0 Å². The molecule has 1 amide bonds. The van der Waals surface area contributed by atoms with Gasteiger partial charge in [-0.25, -0.2) is 13.1 Å². The number of rotatable bonds is 11. The fourth-order valence-corrected chi connectivity index (χ4v) is 3.31. The Bertz CT molecular complexity index is 593. The summed E-state index contributed by atoms with van der Waals surface area (Å²) in [6, 6.07) is 6.02. The molecular weight excluding hydrogens is 338 g/mol. The highest BCUT2D eigenvalue weighted by molar-refractivity contribution is 7.89. The van der Waals surface area contributed by atoms with Crippen molar-refractivity contribution in [2.24, 2.45) is 5.73 Å². The van der Waals surface area contributed by atoms with Gasteiger partial charge in [0.1, 0.15) is 0 Å². The largest absolute Gasteiger partial charge is 0.355 e. The number of carbonyl (C=O) groups excluding carboxylic acids is 1. The van der Waals surface area contributed by atoms with Gasteiger partial charge in [-0.15, -0.1) is 0 Å². The molecule has 0 unspecified atom stereocenters. The first kappa shape index (κ1) is 19.9. The molecule has 0 aliphatic rings. The molecule has 1 aromatic carbocycles. The van der Waals surface area contributed by atoms with Crippen LogP contribution < -0.4 is 15.8 Å². The lowest BCUT2D eigenvalue weighted by Gasteiger charge is -2.08. The topological polar surface area (TPSA) is 101 Å². The van der Waals surface area contributed by atoms with Crippen LogP contribution in [0.1, 0.15) is 32.1 Å². The maximum Gasteiger partial charge on any atom is 0.240 e. The Morgan fingerprint density at radius 2 is 1.87 bits per heavy atom. The SMILES string of the molecule is NCCCCCCC(=O)NCCNS(=O)(=O)c1cccc(Cl)c1. The molecule has 0 fully saturated rings. The number of halogens is 1. The van der Waals surface area contributed by atoms with Crippen molar-refractivity contribution in [1.29, 1.82) is 0 Å². The van der Waals surface area contributed by atoms with Crippen LogP contribution in [0.15, 0.2) is 29.2 Å². The molecule has 6 nitrogen and oxygen atoms in total. The number of amides is 1. The van der Waals surface area contributed by atoms with Crippen LogP contribution in [0.25, 0.3) is 0 Å². The van der Waals surface area contributed by atoms with Gasteiger partial charge in [-0.2, -0.15) is 0 Å². The minimum atomic E-state index is -3.61. The van der Waals surface area contributed by atoms with Crippen molar-refractivity contribution in [3.63, 3.8) is 0 Å². The first-order chi connectivity index (χ1) is 11.0. The number of hydrogen-bond donors (Lipinski definition) is 3. The molecule has 0 aromatic heterocycles. The summed E-state index contributed by atoms with van der Waals surface area (Å²) in [5, 5.41) is 3.05. The zero-order valence-electron chi connectivity index (χ0n) is 13.1.